The predicted octanol–water partition coefficient (Wildman–Crippen LogP) is 3.80. The van der Waals surface area contributed by atoms with E-state index in [9.17, 15) is 4.79 Å². The molecule has 2 amide bonds. The van der Waals surface area contributed by atoms with E-state index in [1.54, 1.807) is 0 Å². The number of aryl methyl sites for hydroxylation is 2. The normalized spacial score (nSPS) is 16.8. The topological polar surface area (TPSA) is 44.4 Å². The Morgan fingerprint density at radius 3 is 2.70 bits per heavy atom. The largest absolute Gasteiger partial charge is 0.338 e. The SMILES string of the molecule is CCc1cccc(C)c1NC(=O)NCC(C)CN1CCCCC1. The highest BCUT2D eigenvalue weighted by Gasteiger charge is 2.14. The molecule has 1 unspecified atom stereocenters. The van der Waals surface area contributed by atoms with Crippen LogP contribution in [0.5, 0.6) is 0 Å². The van der Waals surface area contributed by atoms with Crippen LogP contribution < -0.4 is 10.6 Å². The van der Waals surface area contributed by atoms with Crippen LogP contribution in [-0.2, 0) is 6.42 Å². The Hall–Kier alpha value is -1.55. The summed E-state index contributed by atoms with van der Waals surface area (Å²) in [5.74, 6) is 0.473. The van der Waals surface area contributed by atoms with Crippen molar-refractivity contribution in [2.45, 2.75) is 46.5 Å². The number of benzene rings is 1. The molecule has 0 saturated carbocycles. The summed E-state index contributed by atoms with van der Waals surface area (Å²) >= 11 is 0. The van der Waals surface area contributed by atoms with E-state index in [1.807, 2.05) is 19.1 Å². The van der Waals surface area contributed by atoms with Crippen LogP contribution in [0.3, 0.4) is 0 Å². The minimum absolute atomic E-state index is 0.0977. The van der Waals surface area contributed by atoms with Crippen molar-refractivity contribution in [3.8, 4) is 0 Å². The molecule has 1 aliphatic rings. The molecular formula is C19H31N3O. The van der Waals surface area contributed by atoms with Gasteiger partial charge in [0.2, 0.25) is 0 Å². The molecule has 1 aromatic carbocycles. The number of nitrogens with one attached hydrogen (secondary N) is 2. The van der Waals surface area contributed by atoms with Crippen molar-refractivity contribution in [3.63, 3.8) is 0 Å². The number of carbonyl (C=O) groups is 1. The lowest BCUT2D eigenvalue weighted by Gasteiger charge is -2.29. The highest BCUT2D eigenvalue weighted by atomic mass is 16.2. The third-order valence-electron chi connectivity index (χ3n) is 4.61. The molecule has 1 heterocycles. The minimum atomic E-state index is -0.0977. The fourth-order valence-electron chi connectivity index (χ4n) is 3.27. The van der Waals surface area contributed by atoms with E-state index in [0.717, 1.165) is 30.8 Å². The first kappa shape index (κ1) is 17.8. The Morgan fingerprint density at radius 2 is 2.00 bits per heavy atom. The summed E-state index contributed by atoms with van der Waals surface area (Å²) in [6, 6.07) is 6.05. The van der Waals surface area contributed by atoms with Gasteiger partial charge in [-0.3, -0.25) is 0 Å². The van der Waals surface area contributed by atoms with Gasteiger partial charge in [-0.2, -0.15) is 0 Å². The zero-order valence-electron chi connectivity index (χ0n) is 14.8. The minimum Gasteiger partial charge on any atom is -0.338 e. The zero-order valence-corrected chi connectivity index (χ0v) is 14.8. The molecule has 0 radical (unpaired) electrons. The standard InChI is InChI=1S/C19H31N3O/c1-4-17-10-8-9-16(3)18(17)21-19(23)20-13-15(2)14-22-11-6-5-7-12-22/h8-10,15H,4-7,11-14H2,1-3H3,(H2,20,21,23). The van der Waals surface area contributed by atoms with Crippen LogP contribution in [0.4, 0.5) is 10.5 Å². The van der Waals surface area contributed by atoms with Gasteiger partial charge in [-0.1, -0.05) is 38.5 Å². The number of hydrogen-bond donors (Lipinski definition) is 2. The number of rotatable bonds is 6. The van der Waals surface area contributed by atoms with Crippen LogP contribution in [0.25, 0.3) is 0 Å². The molecule has 1 saturated heterocycles. The van der Waals surface area contributed by atoms with Gasteiger partial charge < -0.3 is 15.5 Å². The second-order valence-corrected chi connectivity index (χ2v) is 6.76. The summed E-state index contributed by atoms with van der Waals surface area (Å²) in [7, 11) is 0. The van der Waals surface area contributed by atoms with Gasteiger partial charge in [0.25, 0.3) is 0 Å². The van der Waals surface area contributed by atoms with E-state index < -0.39 is 0 Å². The molecule has 2 rings (SSSR count). The lowest BCUT2D eigenvalue weighted by Crippen LogP contribution is -2.39. The summed E-state index contributed by atoms with van der Waals surface area (Å²) in [5, 5.41) is 6.05. The molecular weight excluding hydrogens is 286 g/mol. The lowest BCUT2D eigenvalue weighted by molar-refractivity contribution is 0.198. The molecule has 1 aromatic rings. The summed E-state index contributed by atoms with van der Waals surface area (Å²) in [4.78, 5) is 14.7. The summed E-state index contributed by atoms with van der Waals surface area (Å²) in [6.45, 7) is 10.6. The Morgan fingerprint density at radius 1 is 1.26 bits per heavy atom. The molecule has 0 aliphatic carbocycles. The van der Waals surface area contributed by atoms with E-state index in [4.69, 9.17) is 0 Å². The monoisotopic (exact) mass is 317 g/mol. The molecule has 2 N–H and O–H groups in total. The van der Waals surface area contributed by atoms with Crippen LogP contribution in [-0.4, -0.2) is 37.1 Å². The highest BCUT2D eigenvalue weighted by Crippen LogP contribution is 2.20. The number of hydrogen-bond acceptors (Lipinski definition) is 2. The van der Waals surface area contributed by atoms with E-state index >= 15 is 0 Å². The van der Waals surface area contributed by atoms with Crippen molar-refractivity contribution in [3.05, 3.63) is 29.3 Å². The molecule has 1 fully saturated rings. The first-order valence-corrected chi connectivity index (χ1v) is 8.95. The Labute approximate surface area is 140 Å². The summed E-state index contributed by atoms with van der Waals surface area (Å²) < 4.78 is 0. The van der Waals surface area contributed by atoms with Gasteiger partial charge in [-0.05, 0) is 56.3 Å². The number of carbonyl (C=O) groups excluding carboxylic acids is 1. The van der Waals surface area contributed by atoms with E-state index in [-0.39, 0.29) is 6.03 Å². The number of nitrogens with zero attached hydrogens (tertiary/aromatic N) is 1. The highest BCUT2D eigenvalue weighted by molar-refractivity contribution is 5.91. The van der Waals surface area contributed by atoms with E-state index in [1.165, 1.54) is 37.9 Å². The van der Waals surface area contributed by atoms with Gasteiger partial charge in [0.1, 0.15) is 0 Å². The van der Waals surface area contributed by atoms with Crippen molar-refractivity contribution in [1.82, 2.24) is 10.2 Å². The van der Waals surface area contributed by atoms with E-state index in [0.29, 0.717) is 5.92 Å². The van der Waals surface area contributed by atoms with Crippen molar-refractivity contribution in [2.75, 3.05) is 31.5 Å². The zero-order chi connectivity index (χ0) is 16.7. The van der Waals surface area contributed by atoms with Crippen molar-refractivity contribution in [1.29, 1.82) is 0 Å². The van der Waals surface area contributed by atoms with Gasteiger partial charge in [-0.15, -0.1) is 0 Å². The van der Waals surface area contributed by atoms with Crippen LogP contribution in [0.1, 0.15) is 44.2 Å². The molecule has 0 bridgehead atoms. The maximum absolute atomic E-state index is 12.2. The molecule has 1 atom stereocenters. The number of piperidine rings is 1. The number of anilines is 1. The van der Waals surface area contributed by atoms with Gasteiger partial charge in [0.05, 0.1) is 0 Å². The lowest BCUT2D eigenvalue weighted by atomic mass is 10.1. The first-order valence-electron chi connectivity index (χ1n) is 8.95. The van der Waals surface area contributed by atoms with Crippen molar-refractivity contribution in [2.24, 2.45) is 5.92 Å². The third kappa shape index (κ3) is 5.54. The van der Waals surface area contributed by atoms with Crippen LogP contribution in [0, 0.1) is 12.8 Å². The van der Waals surface area contributed by atoms with Gasteiger partial charge >= 0.3 is 6.03 Å². The molecule has 0 spiro atoms. The van der Waals surface area contributed by atoms with Gasteiger partial charge in [0, 0.05) is 18.8 Å². The Kier molecular flexibility index (Phi) is 6.90. The van der Waals surface area contributed by atoms with Crippen LogP contribution in [0.15, 0.2) is 18.2 Å². The average molecular weight is 317 g/mol. The number of likely N-dealkylation sites (tertiary alicyclic amines) is 1. The number of amides is 2. The maximum atomic E-state index is 12.2. The average Bonchev–Trinajstić information content (AvgIpc) is 2.56. The predicted molar refractivity (Wildman–Crippen MR) is 97.0 cm³/mol. The molecule has 23 heavy (non-hydrogen) atoms. The number of urea groups is 1. The number of para-hydroxylation sites is 1. The Balaban J connectivity index is 1.78. The van der Waals surface area contributed by atoms with Crippen molar-refractivity contribution >= 4 is 11.7 Å². The third-order valence-corrected chi connectivity index (χ3v) is 4.61. The molecule has 1 aliphatic heterocycles. The molecule has 0 aromatic heterocycles. The second kappa shape index (κ2) is 8.92. The second-order valence-electron chi connectivity index (χ2n) is 6.76. The molecule has 4 nitrogen and oxygen atoms in total. The van der Waals surface area contributed by atoms with Crippen molar-refractivity contribution < 1.29 is 4.79 Å². The smallest absolute Gasteiger partial charge is 0.319 e. The first-order chi connectivity index (χ1) is 11.1. The molecule has 4 heteroatoms. The summed E-state index contributed by atoms with van der Waals surface area (Å²) in [5.41, 5.74) is 3.25. The quantitative estimate of drug-likeness (QED) is 0.838. The maximum Gasteiger partial charge on any atom is 0.319 e. The Bertz CT molecular complexity index is 509. The van der Waals surface area contributed by atoms with Gasteiger partial charge in [-0.25, -0.2) is 4.79 Å². The van der Waals surface area contributed by atoms with Crippen LogP contribution >= 0.6 is 0 Å². The molecule has 128 valence electrons. The van der Waals surface area contributed by atoms with Crippen LogP contribution in [0.2, 0.25) is 0 Å². The fraction of sp³-hybridized carbons (Fsp3) is 0.632. The van der Waals surface area contributed by atoms with E-state index in [2.05, 4.69) is 35.4 Å². The van der Waals surface area contributed by atoms with Gasteiger partial charge in [0.15, 0.2) is 0 Å². The fourth-order valence-corrected chi connectivity index (χ4v) is 3.27. The summed E-state index contributed by atoms with van der Waals surface area (Å²) in [6.07, 6.45) is 4.91.